The summed E-state index contributed by atoms with van der Waals surface area (Å²) in [6, 6.07) is 5.84. The van der Waals surface area contributed by atoms with Gasteiger partial charge in [-0.3, -0.25) is 29.1 Å². The molecule has 3 amide bonds. The Morgan fingerprint density at radius 2 is 1.21 bits per heavy atom. The molecule has 3 saturated heterocycles. The van der Waals surface area contributed by atoms with E-state index in [9.17, 15) is 18.8 Å². The van der Waals surface area contributed by atoms with Crippen LogP contribution in [0.2, 0.25) is 0 Å². The summed E-state index contributed by atoms with van der Waals surface area (Å²) in [5, 5.41) is 2.71. The van der Waals surface area contributed by atoms with Crippen molar-refractivity contribution in [2.24, 2.45) is 0 Å². The maximum atomic E-state index is 13.3. The fourth-order valence-corrected chi connectivity index (χ4v) is 4.78. The van der Waals surface area contributed by atoms with Crippen LogP contribution >= 0.6 is 0 Å². The smallest absolute Gasteiger partial charge is 0.238 e. The van der Waals surface area contributed by atoms with Crippen LogP contribution in [-0.4, -0.2) is 127 Å². The molecule has 3 aliphatic heterocycles. The van der Waals surface area contributed by atoms with Gasteiger partial charge in [0, 0.05) is 71.1 Å². The van der Waals surface area contributed by atoms with Gasteiger partial charge in [0.15, 0.2) is 0 Å². The normalized spacial score (nSPS) is 20.5. The summed E-state index contributed by atoms with van der Waals surface area (Å²) in [7, 11) is 0. The van der Waals surface area contributed by atoms with Crippen LogP contribution in [0.5, 0.6) is 0 Å². The third-order valence-corrected chi connectivity index (χ3v) is 6.84. The zero-order chi connectivity index (χ0) is 23.9. The number of anilines is 1. The molecule has 1 aromatic rings. The lowest BCUT2D eigenvalue weighted by atomic mass is 10.2. The number of carbonyl (C=O) groups is 3. The number of halogens is 1. The highest BCUT2D eigenvalue weighted by Gasteiger charge is 2.27. The first-order chi connectivity index (χ1) is 16.5. The highest BCUT2D eigenvalue weighted by atomic mass is 19.1. The van der Waals surface area contributed by atoms with Gasteiger partial charge in [-0.05, 0) is 31.0 Å². The highest BCUT2D eigenvalue weighted by Crippen LogP contribution is 2.11. The van der Waals surface area contributed by atoms with Crippen LogP contribution in [0.25, 0.3) is 0 Å². The van der Waals surface area contributed by atoms with Gasteiger partial charge in [-0.15, -0.1) is 0 Å². The standard InChI is InChI=1S/C24H35FN6O3/c25-20-4-3-5-21(16-20)26-22(32)17-27-12-14-31(15-13-27)24(34)19-29-10-8-28(9-11-29)18-23(33)30-6-1-2-7-30/h3-5,16H,1-2,6-15,17-19H2,(H,26,32). The second kappa shape index (κ2) is 11.7. The van der Waals surface area contributed by atoms with E-state index in [0.29, 0.717) is 45.0 Å². The van der Waals surface area contributed by atoms with Crippen molar-refractivity contribution in [1.29, 1.82) is 0 Å². The first-order valence-electron chi connectivity index (χ1n) is 12.2. The maximum Gasteiger partial charge on any atom is 0.238 e. The van der Waals surface area contributed by atoms with E-state index >= 15 is 0 Å². The van der Waals surface area contributed by atoms with E-state index in [2.05, 4.69) is 15.1 Å². The third kappa shape index (κ3) is 6.97. The Balaban J connectivity index is 1.12. The summed E-state index contributed by atoms with van der Waals surface area (Å²) in [5.41, 5.74) is 0.444. The van der Waals surface area contributed by atoms with Crippen molar-refractivity contribution >= 4 is 23.4 Å². The molecule has 3 fully saturated rings. The van der Waals surface area contributed by atoms with Crippen molar-refractivity contribution in [3.63, 3.8) is 0 Å². The number of amides is 3. The molecule has 0 bridgehead atoms. The zero-order valence-corrected chi connectivity index (χ0v) is 19.8. The minimum Gasteiger partial charge on any atom is -0.342 e. The number of hydrogen-bond acceptors (Lipinski definition) is 6. The van der Waals surface area contributed by atoms with Crippen LogP contribution in [0.4, 0.5) is 10.1 Å². The van der Waals surface area contributed by atoms with Crippen molar-refractivity contribution in [1.82, 2.24) is 24.5 Å². The van der Waals surface area contributed by atoms with Gasteiger partial charge in [0.2, 0.25) is 17.7 Å². The monoisotopic (exact) mass is 474 g/mol. The number of nitrogens with one attached hydrogen (secondary N) is 1. The lowest BCUT2D eigenvalue weighted by Gasteiger charge is -2.38. The van der Waals surface area contributed by atoms with Crippen molar-refractivity contribution < 1.29 is 18.8 Å². The number of carbonyl (C=O) groups excluding carboxylic acids is 3. The molecule has 10 heteroatoms. The summed E-state index contributed by atoms with van der Waals surface area (Å²) >= 11 is 0. The summed E-state index contributed by atoms with van der Waals surface area (Å²) in [6.45, 7) is 8.52. The first-order valence-corrected chi connectivity index (χ1v) is 12.2. The SMILES string of the molecule is O=C(CN1CCN(C(=O)CN2CCN(CC(=O)N3CCCC3)CC2)CC1)Nc1cccc(F)c1. The molecule has 0 spiro atoms. The average molecular weight is 475 g/mol. The molecule has 3 heterocycles. The van der Waals surface area contributed by atoms with Gasteiger partial charge < -0.3 is 15.1 Å². The average Bonchev–Trinajstić information content (AvgIpc) is 3.36. The summed E-state index contributed by atoms with van der Waals surface area (Å²) in [6.07, 6.45) is 2.22. The Morgan fingerprint density at radius 1 is 0.706 bits per heavy atom. The van der Waals surface area contributed by atoms with Gasteiger partial charge in [-0.2, -0.15) is 0 Å². The van der Waals surface area contributed by atoms with Gasteiger partial charge in [0.25, 0.3) is 0 Å². The second-order valence-corrected chi connectivity index (χ2v) is 9.36. The van der Waals surface area contributed by atoms with E-state index in [1.54, 1.807) is 12.1 Å². The van der Waals surface area contributed by atoms with Crippen molar-refractivity contribution in [2.45, 2.75) is 12.8 Å². The Kier molecular flexibility index (Phi) is 8.47. The molecular formula is C24H35FN6O3. The summed E-state index contributed by atoms with van der Waals surface area (Å²) in [4.78, 5) is 47.6. The molecule has 0 atom stereocenters. The molecule has 0 aromatic heterocycles. The maximum absolute atomic E-state index is 13.3. The third-order valence-electron chi connectivity index (χ3n) is 6.84. The second-order valence-electron chi connectivity index (χ2n) is 9.36. The fourth-order valence-electron chi connectivity index (χ4n) is 4.78. The van der Waals surface area contributed by atoms with Gasteiger partial charge in [-0.1, -0.05) is 6.07 Å². The highest BCUT2D eigenvalue weighted by molar-refractivity contribution is 5.92. The fraction of sp³-hybridized carbons (Fsp3) is 0.625. The molecular weight excluding hydrogens is 439 g/mol. The topological polar surface area (TPSA) is 79.4 Å². The number of hydrogen-bond donors (Lipinski definition) is 1. The van der Waals surface area contributed by atoms with Crippen molar-refractivity contribution in [3.8, 4) is 0 Å². The quantitative estimate of drug-likeness (QED) is 0.606. The number of likely N-dealkylation sites (tertiary alicyclic amines) is 1. The number of rotatable bonds is 7. The first kappa shape index (κ1) is 24.6. The van der Waals surface area contributed by atoms with Gasteiger partial charge in [0.1, 0.15) is 5.82 Å². The largest absolute Gasteiger partial charge is 0.342 e. The van der Waals surface area contributed by atoms with E-state index in [0.717, 1.165) is 52.1 Å². The molecule has 186 valence electrons. The van der Waals surface area contributed by atoms with Crippen LogP contribution in [0.1, 0.15) is 12.8 Å². The Morgan fingerprint density at radius 3 is 1.76 bits per heavy atom. The van der Waals surface area contributed by atoms with E-state index in [4.69, 9.17) is 0 Å². The molecule has 1 aromatic carbocycles. The number of nitrogens with zero attached hydrogens (tertiary/aromatic N) is 5. The molecule has 1 N–H and O–H groups in total. The molecule has 0 radical (unpaired) electrons. The van der Waals surface area contributed by atoms with Crippen LogP contribution in [0.3, 0.4) is 0 Å². The Bertz CT molecular complexity index is 862. The minimum absolute atomic E-state index is 0.116. The summed E-state index contributed by atoms with van der Waals surface area (Å²) < 4.78 is 13.3. The lowest BCUT2D eigenvalue weighted by molar-refractivity contribution is -0.136. The van der Waals surface area contributed by atoms with Gasteiger partial charge in [-0.25, -0.2) is 4.39 Å². The van der Waals surface area contributed by atoms with E-state index in [-0.39, 0.29) is 30.1 Å². The molecule has 3 aliphatic rings. The van der Waals surface area contributed by atoms with Crippen LogP contribution < -0.4 is 5.32 Å². The Hall–Kier alpha value is -2.56. The van der Waals surface area contributed by atoms with Crippen LogP contribution in [-0.2, 0) is 14.4 Å². The van der Waals surface area contributed by atoms with E-state index in [1.165, 1.54) is 12.1 Å². The van der Waals surface area contributed by atoms with E-state index in [1.807, 2.05) is 14.7 Å². The predicted octanol–water partition coefficient (Wildman–Crippen LogP) is 0.148. The Labute approximate surface area is 200 Å². The molecule has 0 aliphatic carbocycles. The predicted molar refractivity (Wildman–Crippen MR) is 127 cm³/mol. The van der Waals surface area contributed by atoms with Crippen molar-refractivity contribution in [2.75, 3.05) is 90.4 Å². The lowest BCUT2D eigenvalue weighted by Crippen LogP contribution is -2.55. The van der Waals surface area contributed by atoms with Gasteiger partial charge in [0.05, 0.1) is 19.6 Å². The number of benzene rings is 1. The van der Waals surface area contributed by atoms with Gasteiger partial charge >= 0.3 is 0 Å². The molecule has 4 rings (SSSR count). The van der Waals surface area contributed by atoms with Crippen LogP contribution in [0.15, 0.2) is 24.3 Å². The molecule has 0 unspecified atom stereocenters. The molecule has 9 nitrogen and oxygen atoms in total. The van der Waals surface area contributed by atoms with Crippen LogP contribution in [0, 0.1) is 5.82 Å². The van der Waals surface area contributed by atoms with Crippen molar-refractivity contribution in [3.05, 3.63) is 30.1 Å². The minimum atomic E-state index is -0.387. The molecule has 0 saturated carbocycles. The zero-order valence-electron chi connectivity index (χ0n) is 19.8. The summed E-state index contributed by atoms with van der Waals surface area (Å²) in [5.74, 6) is -0.233. The van der Waals surface area contributed by atoms with E-state index < -0.39 is 0 Å². The molecule has 34 heavy (non-hydrogen) atoms. The number of piperazine rings is 2.